The van der Waals surface area contributed by atoms with Gasteiger partial charge in [-0.15, -0.1) is 0 Å². The van der Waals surface area contributed by atoms with E-state index < -0.39 is 0 Å². The van der Waals surface area contributed by atoms with Crippen molar-refractivity contribution in [3.8, 4) is 0 Å². The fourth-order valence-electron chi connectivity index (χ4n) is 1.89. The summed E-state index contributed by atoms with van der Waals surface area (Å²) in [6.07, 6.45) is 4.83. The normalized spacial score (nSPS) is 12.3. The molecule has 0 aliphatic carbocycles. The Kier molecular flexibility index (Phi) is 11.5. The molecule has 0 rings (SSSR count). The van der Waals surface area contributed by atoms with Crippen LogP contribution in [0.4, 0.5) is 0 Å². The molecule has 0 unspecified atom stereocenters. The van der Waals surface area contributed by atoms with Gasteiger partial charge >= 0.3 is 0 Å². The van der Waals surface area contributed by atoms with Gasteiger partial charge in [-0.05, 0) is 53.6 Å². The summed E-state index contributed by atoms with van der Waals surface area (Å²) in [5.41, 5.74) is 0. The SMILES string of the molecule is CCCCN(C)C(=NCCCCN(C)C(C)C)NCC. The Morgan fingerprint density at radius 2 is 1.75 bits per heavy atom. The van der Waals surface area contributed by atoms with Crippen LogP contribution >= 0.6 is 0 Å². The minimum atomic E-state index is 0.635. The summed E-state index contributed by atoms with van der Waals surface area (Å²) in [5.74, 6) is 1.05. The quantitative estimate of drug-likeness (QED) is 0.380. The molecular formula is C16H36N4. The van der Waals surface area contributed by atoms with Crippen molar-refractivity contribution in [1.29, 1.82) is 0 Å². The number of nitrogens with one attached hydrogen (secondary N) is 1. The van der Waals surface area contributed by atoms with E-state index in [1.54, 1.807) is 0 Å². The first-order valence-corrected chi connectivity index (χ1v) is 8.22. The minimum Gasteiger partial charge on any atom is -0.357 e. The highest BCUT2D eigenvalue weighted by Crippen LogP contribution is 1.99. The second-order valence-electron chi connectivity index (χ2n) is 5.79. The molecule has 20 heavy (non-hydrogen) atoms. The Labute approximate surface area is 126 Å². The lowest BCUT2D eigenvalue weighted by Gasteiger charge is -2.22. The van der Waals surface area contributed by atoms with Crippen LogP contribution in [-0.2, 0) is 0 Å². The van der Waals surface area contributed by atoms with Gasteiger partial charge in [-0.1, -0.05) is 13.3 Å². The number of hydrogen-bond acceptors (Lipinski definition) is 2. The van der Waals surface area contributed by atoms with Crippen molar-refractivity contribution in [3.05, 3.63) is 0 Å². The maximum Gasteiger partial charge on any atom is 0.193 e. The van der Waals surface area contributed by atoms with Crippen molar-refractivity contribution in [2.75, 3.05) is 40.3 Å². The molecule has 0 bridgehead atoms. The van der Waals surface area contributed by atoms with Crippen LogP contribution in [0.25, 0.3) is 0 Å². The number of rotatable bonds is 10. The molecule has 0 aromatic heterocycles. The predicted octanol–water partition coefficient (Wildman–Crippen LogP) is 2.80. The topological polar surface area (TPSA) is 30.9 Å². The van der Waals surface area contributed by atoms with Crippen LogP contribution in [0.1, 0.15) is 53.4 Å². The van der Waals surface area contributed by atoms with E-state index in [1.807, 2.05) is 0 Å². The van der Waals surface area contributed by atoms with Crippen LogP contribution in [0, 0.1) is 0 Å². The van der Waals surface area contributed by atoms with Gasteiger partial charge in [0.25, 0.3) is 0 Å². The van der Waals surface area contributed by atoms with Gasteiger partial charge in [0, 0.05) is 32.7 Å². The molecule has 120 valence electrons. The summed E-state index contributed by atoms with van der Waals surface area (Å²) in [7, 11) is 4.32. The standard InChI is InChI=1S/C16H36N4/c1-7-9-13-20(6)16(17-8-2)18-12-10-11-14-19(5)15(3)4/h15H,7-14H2,1-6H3,(H,17,18). The van der Waals surface area contributed by atoms with E-state index >= 15 is 0 Å². The maximum absolute atomic E-state index is 4.72. The molecule has 0 saturated carbocycles. The fourth-order valence-corrected chi connectivity index (χ4v) is 1.89. The largest absolute Gasteiger partial charge is 0.357 e. The van der Waals surface area contributed by atoms with Gasteiger partial charge in [0.05, 0.1) is 0 Å². The number of guanidine groups is 1. The van der Waals surface area contributed by atoms with Gasteiger partial charge in [0.1, 0.15) is 0 Å². The molecule has 4 nitrogen and oxygen atoms in total. The van der Waals surface area contributed by atoms with Crippen LogP contribution in [-0.4, -0.2) is 62.1 Å². The third-order valence-electron chi connectivity index (χ3n) is 3.61. The summed E-state index contributed by atoms with van der Waals surface area (Å²) < 4.78 is 0. The highest BCUT2D eigenvalue weighted by atomic mass is 15.3. The van der Waals surface area contributed by atoms with Gasteiger partial charge in [0.15, 0.2) is 5.96 Å². The van der Waals surface area contributed by atoms with E-state index in [0.717, 1.165) is 38.6 Å². The number of hydrogen-bond donors (Lipinski definition) is 1. The molecule has 0 aromatic rings. The van der Waals surface area contributed by atoms with Gasteiger partial charge in [-0.25, -0.2) is 0 Å². The van der Waals surface area contributed by atoms with E-state index in [4.69, 9.17) is 4.99 Å². The Hall–Kier alpha value is -0.770. The molecule has 0 heterocycles. The zero-order valence-corrected chi connectivity index (χ0v) is 14.6. The summed E-state index contributed by atoms with van der Waals surface area (Å²) in [5, 5.41) is 3.37. The summed E-state index contributed by atoms with van der Waals surface area (Å²) in [6.45, 7) is 12.9. The molecule has 0 aliphatic rings. The molecule has 4 heteroatoms. The molecule has 0 radical (unpaired) electrons. The summed E-state index contributed by atoms with van der Waals surface area (Å²) >= 11 is 0. The number of aliphatic imine (C=N–C) groups is 1. The summed E-state index contributed by atoms with van der Waals surface area (Å²) in [4.78, 5) is 9.36. The average molecular weight is 284 g/mol. The molecule has 0 spiro atoms. The lowest BCUT2D eigenvalue weighted by molar-refractivity contribution is 0.269. The Balaban J connectivity index is 4.01. The maximum atomic E-state index is 4.72. The molecule has 0 aliphatic heterocycles. The second-order valence-corrected chi connectivity index (χ2v) is 5.79. The van der Waals surface area contributed by atoms with Crippen LogP contribution in [0.15, 0.2) is 4.99 Å². The average Bonchev–Trinajstić information content (AvgIpc) is 2.42. The van der Waals surface area contributed by atoms with Crippen molar-refractivity contribution in [2.24, 2.45) is 4.99 Å². The monoisotopic (exact) mass is 284 g/mol. The highest BCUT2D eigenvalue weighted by molar-refractivity contribution is 5.79. The van der Waals surface area contributed by atoms with Crippen molar-refractivity contribution in [1.82, 2.24) is 15.1 Å². The molecule has 0 atom stereocenters. The fraction of sp³-hybridized carbons (Fsp3) is 0.938. The zero-order chi connectivity index (χ0) is 15.4. The van der Waals surface area contributed by atoms with Crippen LogP contribution in [0.2, 0.25) is 0 Å². The Morgan fingerprint density at radius 1 is 1.05 bits per heavy atom. The van der Waals surface area contributed by atoms with E-state index in [-0.39, 0.29) is 0 Å². The van der Waals surface area contributed by atoms with E-state index in [1.165, 1.54) is 19.3 Å². The molecule has 1 N–H and O–H groups in total. The predicted molar refractivity (Wildman–Crippen MR) is 90.5 cm³/mol. The Morgan fingerprint density at radius 3 is 2.30 bits per heavy atom. The van der Waals surface area contributed by atoms with Gasteiger partial charge in [-0.2, -0.15) is 0 Å². The zero-order valence-electron chi connectivity index (χ0n) is 14.6. The van der Waals surface area contributed by atoms with Crippen molar-refractivity contribution in [2.45, 2.75) is 59.4 Å². The van der Waals surface area contributed by atoms with Crippen molar-refractivity contribution in [3.63, 3.8) is 0 Å². The van der Waals surface area contributed by atoms with Crippen molar-refractivity contribution < 1.29 is 0 Å². The van der Waals surface area contributed by atoms with Crippen LogP contribution < -0.4 is 5.32 Å². The summed E-state index contributed by atoms with van der Waals surface area (Å²) in [6, 6.07) is 0.635. The lowest BCUT2D eigenvalue weighted by atomic mass is 10.2. The number of unbranched alkanes of at least 4 members (excludes halogenated alkanes) is 2. The molecule has 0 saturated heterocycles. The third-order valence-corrected chi connectivity index (χ3v) is 3.61. The molecule has 0 amide bonds. The Bertz CT molecular complexity index is 251. The highest BCUT2D eigenvalue weighted by Gasteiger charge is 2.05. The number of nitrogens with zero attached hydrogens (tertiary/aromatic N) is 3. The van der Waals surface area contributed by atoms with Gasteiger partial charge in [-0.3, -0.25) is 4.99 Å². The smallest absolute Gasteiger partial charge is 0.193 e. The third kappa shape index (κ3) is 9.18. The van der Waals surface area contributed by atoms with Gasteiger partial charge in [0.2, 0.25) is 0 Å². The molecule has 0 fully saturated rings. The van der Waals surface area contributed by atoms with Crippen LogP contribution in [0.3, 0.4) is 0 Å². The van der Waals surface area contributed by atoms with Crippen molar-refractivity contribution >= 4 is 5.96 Å². The van der Waals surface area contributed by atoms with E-state index in [9.17, 15) is 0 Å². The first-order chi connectivity index (χ1) is 9.52. The first-order valence-electron chi connectivity index (χ1n) is 8.22. The second kappa shape index (κ2) is 12.0. The van der Waals surface area contributed by atoms with Crippen LogP contribution in [0.5, 0.6) is 0 Å². The molecular weight excluding hydrogens is 248 g/mol. The lowest BCUT2D eigenvalue weighted by Crippen LogP contribution is -2.39. The minimum absolute atomic E-state index is 0.635. The van der Waals surface area contributed by atoms with Gasteiger partial charge < -0.3 is 15.1 Å². The first kappa shape index (κ1) is 19.2. The van der Waals surface area contributed by atoms with E-state index in [2.05, 4.69) is 56.9 Å². The van der Waals surface area contributed by atoms with E-state index in [0.29, 0.717) is 6.04 Å². The molecule has 0 aromatic carbocycles.